The van der Waals surface area contributed by atoms with Gasteiger partial charge < -0.3 is 9.52 Å². The minimum atomic E-state index is -3.77. The molecule has 0 radical (unpaired) electrons. The van der Waals surface area contributed by atoms with Gasteiger partial charge in [-0.25, -0.2) is 8.42 Å². The van der Waals surface area contributed by atoms with Crippen molar-refractivity contribution in [3.05, 3.63) is 22.6 Å². The maximum absolute atomic E-state index is 12.0. The van der Waals surface area contributed by atoms with Gasteiger partial charge in [-0.15, -0.1) is 10.2 Å². The molecule has 0 unspecified atom stereocenters. The summed E-state index contributed by atoms with van der Waals surface area (Å²) in [6.07, 6.45) is 0. The van der Waals surface area contributed by atoms with Crippen molar-refractivity contribution in [3.63, 3.8) is 0 Å². The Kier molecular flexibility index (Phi) is 3.37. The van der Waals surface area contributed by atoms with Crippen LogP contribution in [0.4, 0.5) is 5.13 Å². The lowest BCUT2D eigenvalue weighted by atomic mass is 10.4. The van der Waals surface area contributed by atoms with E-state index in [1.54, 1.807) is 6.92 Å². The lowest BCUT2D eigenvalue weighted by Crippen LogP contribution is -2.13. The average Bonchev–Trinajstić information content (AvgIpc) is 2.84. The minimum Gasteiger partial charge on any atom is -0.462 e. The van der Waals surface area contributed by atoms with Gasteiger partial charge in [0.2, 0.25) is 5.13 Å². The highest BCUT2D eigenvalue weighted by atomic mass is 32.2. The van der Waals surface area contributed by atoms with Crippen LogP contribution in [0.3, 0.4) is 0 Å². The Balaban J connectivity index is 2.33. The highest BCUT2D eigenvalue weighted by molar-refractivity contribution is 7.93. The molecular formula is C9H11N3O4S2. The van der Waals surface area contributed by atoms with E-state index in [-0.39, 0.29) is 28.2 Å². The molecule has 2 aromatic heterocycles. The molecule has 0 aliphatic rings. The van der Waals surface area contributed by atoms with Crippen molar-refractivity contribution in [2.45, 2.75) is 25.3 Å². The van der Waals surface area contributed by atoms with Crippen LogP contribution < -0.4 is 4.72 Å². The monoisotopic (exact) mass is 289 g/mol. The molecule has 0 amide bonds. The Labute approximate surface area is 108 Å². The molecule has 0 spiro atoms. The fourth-order valence-corrected chi connectivity index (χ4v) is 3.40. The standard InChI is InChI=1S/C9H11N3O4S2/c1-5-8(3-7(4-13)16-5)18(14,15)12-9-11-10-6(2)17-9/h3,13H,4H2,1-2H3,(H,11,12). The molecule has 0 saturated heterocycles. The maximum atomic E-state index is 12.0. The van der Waals surface area contributed by atoms with Crippen molar-refractivity contribution in [1.29, 1.82) is 0 Å². The van der Waals surface area contributed by atoms with Gasteiger partial charge in [0.15, 0.2) is 0 Å². The predicted octanol–water partition coefficient (Wildman–Crippen LogP) is 1.04. The fourth-order valence-electron chi connectivity index (χ4n) is 1.38. The summed E-state index contributed by atoms with van der Waals surface area (Å²) in [5, 5.41) is 17.2. The molecule has 0 saturated carbocycles. The normalized spacial score (nSPS) is 11.7. The van der Waals surface area contributed by atoms with E-state index in [4.69, 9.17) is 9.52 Å². The van der Waals surface area contributed by atoms with Gasteiger partial charge in [-0.05, 0) is 13.8 Å². The van der Waals surface area contributed by atoms with Gasteiger partial charge in [0, 0.05) is 6.07 Å². The quantitative estimate of drug-likeness (QED) is 0.871. The fraction of sp³-hybridized carbons (Fsp3) is 0.333. The topological polar surface area (TPSA) is 105 Å². The molecular weight excluding hydrogens is 278 g/mol. The van der Waals surface area contributed by atoms with Crippen LogP contribution in [0.1, 0.15) is 16.5 Å². The third-order valence-electron chi connectivity index (χ3n) is 2.12. The number of sulfonamides is 1. The van der Waals surface area contributed by atoms with Gasteiger partial charge in [0.25, 0.3) is 10.0 Å². The minimum absolute atomic E-state index is 0.0144. The Hall–Kier alpha value is -1.45. The zero-order valence-electron chi connectivity index (χ0n) is 9.67. The largest absolute Gasteiger partial charge is 0.462 e. The summed E-state index contributed by atoms with van der Waals surface area (Å²) in [6.45, 7) is 2.88. The van der Waals surface area contributed by atoms with Crippen molar-refractivity contribution in [2.75, 3.05) is 4.72 Å². The summed E-state index contributed by atoms with van der Waals surface area (Å²) >= 11 is 1.14. The summed E-state index contributed by atoms with van der Waals surface area (Å²) in [7, 11) is -3.77. The number of hydrogen-bond donors (Lipinski definition) is 2. The Morgan fingerprint density at radius 2 is 2.17 bits per heavy atom. The van der Waals surface area contributed by atoms with Crippen LogP contribution in [0.25, 0.3) is 0 Å². The summed E-state index contributed by atoms with van der Waals surface area (Å²) < 4.78 is 31.5. The summed E-state index contributed by atoms with van der Waals surface area (Å²) in [5.74, 6) is 0.411. The van der Waals surface area contributed by atoms with Crippen molar-refractivity contribution in [3.8, 4) is 0 Å². The van der Waals surface area contributed by atoms with Gasteiger partial charge in [0.05, 0.1) is 0 Å². The molecule has 0 bridgehead atoms. The van der Waals surface area contributed by atoms with Gasteiger partial charge in [0.1, 0.15) is 28.0 Å². The Morgan fingerprint density at radius 3 is 2.67 bits per heavy atom. The first-order chi connectivity index (χ1) is 8.42. The molecule has 0 fully saturated rings. The lowest BCUT2D eigenvalue weighted by molar-refractivity contribution is 0.245. The number of nitrogens with one attached hydrogen (secondary N) is 1. The lowest BCUT2D eigenvalue weighted by Gasteiger charge is -2.01. The highest BCUT2D eigenvalue weighted by Gasteiger charge is 2.22. The van der Waals surface area contributed by atoms with Crippen LogP contribution in [-0.4, -0.2) is 23.7 Å². The molecule has 9 heteroatoms. The van der Waals surface area contributed by atoms with Crippen LogP contribution in [-0.2, 0) is 16.6 Å². The number of aryl methyl sites for hydroxylation is 2. The average molecular weight is 289 g/mol. The Bertz CT molecular complexity index is 659. The molecule has 0 aliphatic carbocycles. The van der Waals surface area contributed by atoms with Crippen molar-refractivity contribution in [2.24, 2.45) is 0 Å². The SMILES string of the molecule is Cc1nnc(NS(=O)(=O)c2cc(CO)oc2C)s1. The van der Waals surface area contributed by atoms with E-state index in [0.717, 1.165) is 11.3 Å². The number of nitrogens with zero attached hydrogens (tertiary/aromatic N) is 2. The van der Waals surface area contributed by atoms with Gasteiger partial charge in [-0.3, -0.25) is 4.72 Å². The first kappa shape index (κ1) is 13.0. The molecule has 2 N–H and O–H groups in total. The molecule has 0 aromatic carbocycles. The molecule has 18 heavy (non-hydrogen) atoms. The van der Waals surface area contributed by atoms with Gasteiger partial charge in [-0.2, -0.15) is 0 Å². The van der Waals surface area contributed by atoms with E-state index in [9.17, 15) is 8.42 Å². The van der Waals surface area contributed by atoms with E-state index < -0.39 is 10.0 Å². The molecule has 98 valence electrons. The van der Waals surface area contributed by atoms with Crippen LogP contribution in [0.2, 0.25) is 0 Å². The van der Waals surface area contributed by atoms with E-state index >= 15 is 0 Å². The van der Waals surface area contributed by atoms with Gasteiger partial charge >= 0.3 is 0 Å². The smallest absolute Gasteiger partial charge is 0.267 e. The van der Waals surface area contributed by atoms with Crippen molar-refractivity contribution < 1.29 is 17.9 Å². The third kappa shape index (κ3) is 2.52. The second-order valence-corrected chi connectivity index (χ2v) is 6.36. The third-order valence-corrected chi connectivity index (χ3v) is 4.45. The summed E-state index contributed by atoms with van der Waals surface area (Å²) in [6, 6.07) is 1.28. The van der Waals surface area contributed by atoms with E-state index in [0.29, 0.717) is 5.01 Å². The first-order valence-corrected chi connectivity index (χ1v) is 7.25. The second kappa shape index (κ2) is 4.67. The molecule has 2 rings (SSSR count). The number of aromatic nitrogens is 2. The zero-order valence-corrected chi connectivity index (χ0v) is 11.3. The predicted molar refractivity (Wildman–Crippen MR) is 64.8 cm³/mol. The highest BCUT2D eigenvalue weighted by Crippen LogP contribution is 2.24. The first-order valence-electron chi connectivity index (χ1n) is 4.95. The van der Waals surface area contributed by atoms with E-state index in [2.05, 4.69) is 14.9 Å². The van der Waals surface area contributed by atoms with Crippen LogP contribution in [0.15, 0.2) is 15.4 Å². The van der Waals surface area contributed by atoms with Crippen molar-refractivity contribution in [1.82, 2.24) is 10.2 Å². The van der Waals surface area contributed by atoms with E-state index in [1.165, 1.54) is 13.0 Å². The Morgan fingerprint density at radius 1 is 1.44 bits per heavy atom. The zero-order chi connectivity index (χ0) is 13.3. The maximum Gasteiger partial charge on any atom is 0.267 e. The number of aliphatic hydroxyl groups is 1. The van der Waals surface area contributed by atoms with E-state index in [1.807, 2.05) is 0 Å². The number of anilines is 1. The number of furan rings is 1. The number of hydrogen-bond acceptors (Lipinski definition) is 7. The van der Waals surface area contributed by atoms with Gasteiger partial charge in [-0.1, -0.05) is 11.3 Å². The summed E-state index contributed by atoms with van der Waals surface area (Å²) in [4.78, 5) is -0.0144. The molecule has 2 aromatic rings. The van der Waals surface area contributed by atoms with Crippen LogP contribution in [0, 0.1) is 13.8 Å². The number of aliphatic hydroxyl groups excluding tert-OH is 1. The molecule has 7 nitrogen and oxygen atoms in total. The molecule has 0 aliphatic heterocycles. The summed E-state index contributed by atoms with van der Waals surface area (Å²) in [5.41, 5.74) is 0. The van der Waals surface area contributed by atoms with Crippen LogP contribution >= 0.6 is 11.3 Å². The van der Waals surface area contributed by atoms with Crippen LogP contribution in [0.5, 0.6) is 0 Å². The second-order valence-electron chi connectivity index (χ2n) is 3.52. The van der Waals surface area contributed by atoms with Crippen molar-refractivity contribution >= 4 is 26.5 Å². The molecule has 2 heterocycles. The number of rotatable bonds is 4. The molecule has 0 atom stereocenters.